The lowest BCUT2D eigenvalue weighted by Crippen LogP contribution is -3.14. The molecular weight excluding hydrogens is 272 g/mol. The fraction of sp³-hybridized carbons (Fsp3) is 0.316. The van der Waals surface area contributed by atoms with Crippen molar-refractivity contribution in [2.45, 2.75) is 18.9 Å². The molecule has 1 aliphatic carbocycles. The highest BCUT2D eigenvalue weighted by atomic mass is 16.1. The number of carbonyl (C=O) groups is 1. The van der Waals surface area contributed by atoms with Crippen molar-refractivity contribution in [3.05, 3.63) is 59.7 Å². The Kier molecular flexibility index (Phi) is 3.23. The molecule has 22 heavy (non-hydrogen) atoms. The minimum atomic E-state index is -0.142. The van der Waals surface area contributed by atoms with Crippen molar-refractivity contribution in [2.24, 2.45) is 11.7 Å². The van der Waals surface area contributed by atoms with E-state index in [1.807, 2.05) is 0 Å². The van der Waals surface area contributed by atoms with Gasteiger partial charge in [-0.1, -0.05) is 48.5 Å². The van der Waals surface area contributed by atoms with Crippen LogP contribution in [0.4, 0.5) is 0 Å². The van der Waals surface area contributed by atoms with Crippen LogP contribution in [0.25, 0.3) is 11.1 Å². The summed E-state index contributed by atoms with van der Waals surface area (Å²) in [5, 5.41) is 0. The maximum Gasteiger partial charge on any atom is 0.226 e. The largest absolute Gasteiger partial charge is 0.369 e. The van der Waals surface area contributed by atoms with E-state index in [0.717, 1.165) is 25.9 Å². The first-order valence-corrected chi connectivity index (χ1v) is 8.08. The second kappa shape index (κ2) is 5.25. The number of carbonyl (C=O) groups excluding carboxylic acids is 1. The van der Waals surface area contributed by atoms with Crippen LogP contribution in [-0.2, 0) is 4.79 Å². The summed E-state index contributed by atoms with van der Waals surface area (Å²) in [7, 11) is 0. The molecule has 0 radical (unpaired) electrons. The van der Waals surface area contributed by atoms with Crippen molar-refractivity contribution < 1.29 is 9.69 Å². The Balaban J connectivity index is 1.77. The third-order valence-corrected chi connectivity index (χ3v) is 5.20. The van der Waals surface area contributed by atoms with Gasteiger partial charge in [-0.3, -0.25) is 4.79 Å². The van der Waals surface area contributed by atoms with E-state index in [1.54, 1.807) is 0 Å². The quantitative estimate of drug-likeness (QED) is 0.867. The molecule has 3 N–H and O–H groups in total. The van der Waals surface area contributed by atoms with Crippen LogP contribution >= 0.6 is 0 Å². The number of nitrogens with two attached hydrogens (primary N) is 1. The van der Waals surface area contributed by atoms with Crippen LogP contribution in [0, 0.1) is 5.92 Å². The third kappa shape index (κ3) is 2.04. The van der Waals surface area contributed by atoms with E-state index >= 15 is 0 Å². The van der Waals surface area contributed by atoms with Gasteiger partial charge in [-0.2, -0.15) is 0 Å². The van der Waals surface area contributed by atoms with E-state index < -0.39 is 0 Å². The standard InChI is InChI=1S/C19H20N2O/c20-19(22)13-6-5-11-21(12-13)18-16-9-3-1-7-14(16)15-8-2-4-10-17(15)18/h1-4,7-10,13,18H,5-6,11-12H2,(H2,20,22)/p+1/t13-/m1/s1. The molecule has 3 heteroatoms. The SMILES string of the molecule is NC(=O)[C@@H]1CCC[NH+](C2c3ccccc3-c3ccccc32)C1. The predicted molar refractivity (Wildman–Crippen MR) is 86.3 cm³/mol. The van der Waals surface area contributed by atoms with Crippen molar-refractivity contribution in [3.63, 3.8) is 0 Å². The average molecular weight is 293 g/mol. The van der Waals surface area contributed by atoms with E-state index in [4.69, 9.17) is 5.73 Å². The van der Waals surface area contributed by atoms with Gasteiger partial charge in [0.25, 0.3) is 0 Å². The highest BCUT2D eigenvalue weighted by molar-refractivity contribution is 5.78. The molecule has 4 rings (SSSR count). The Bertz CT molecular complexity index is 679. The van der Waals surface area contributed by atoms with Gasteiger partial charge >= 0.3 is 0 Å². The molecule has 1 fully saturated rings. The number of fused-ring (bicyclic) bond motifs is 3. The zero-order chi connectivity index (χ0) is 15.1. The normalized spacial score (nSPS) is 23.8. The second-order valence-electron chi connectivity index (χ2n) is 6.46. The van der Waals surface area contributed by atoms with E-state index in [1.165, 1.54) is 27.2 Å². The molecule has 2 aromatic carbocycles. The van der Waals surface area contributed by atoms with Crippen molar-refractivity contribution >= 4 is 5.91 Å². The fourth-order valence-electron chi connectivity index (χ4n) is 4.20. The van der Waals surface area contributed by atoms with E-state index in [2.05, 4.69) is 48.5 Å². The van der Waals surface area contributed by atoms with Crippen LogP contribution in [0.3, 0.4) is 0 Å². The summed E-state index contributed by atoms with van der Waals surface area (Å²) in [4.78, 5) is 13.1. The van der Waals surface area contributed by atoms with Gasteiger partial charge in [0.2, 0.25) is 5.91 Å². The first-order chi connectivity index (χ1) is 10.8. The van der Waals surface area contributed by atoms with Gasteiger partial charge in [-0.15, -0.1) is 0 Å². The first kappa shape index (κ1) is 13.5. The number of hydrogen-bond acceptors (Lipinski definition) is 1. The van der Waals surface area contributed by atoms with Gasteiger partial charge in [0.05, 0.1) is 19.0 Å². The molecule has 0 aromatic heterocycles. The Morgan fingerprint density at radius 1 is 1.00 bits per heavy atom. The van der Waals surface area contributed by atoms with Gasteiger partial charge in [0.1, 0.15) is 6.04 Å². The molecule has 112 valence electrons. The molecule has 3 nitrogen and oxygen atoms in total. The maximum absolute atomic E-state index is 11.6. The Hall–Kier alpha value is -2.13. The van der Waals surface area contributed by atoms with E-state index in [0.29, 0.717) is 6.04 Å². The molecule has 2 aromatic rings. The van der Waals surface area contributed by atoms with Gasteiger partial charge in [0, 0.05) is 11.1 Å². The lowest BCUT2D eigenvalue weighted by atomic mass is 9.93. The Labute approximate surface area is 130 Å². The van der Waals surface area contributed by atoms with Gasteiger partial charge in [-0.05, 0) is 24.0 Å². The lowest BCUT2D eigenvalue weighted by molar-refractivity contribution is -0.932. The van der Waals surface area contributed by atoms with Crippen LogP contribution in [0.5, 0.6) is 0 Å². The van der Waals surface area contributed by atoms with Crippen LogP contribution in [0.15, 0.2) is 48.5 Å². The summed E-state index contributed by atoms with van der Waals surface area (Å²) < 4.78 is 0. The van der Waals surface area contributed by atoms with Gasteiger partial charge < -0.3 is 10.6 Å². The molecule has 2 atom stereocenters. The molecule has 1 unspecified atom stereocenters. The van der Waals surface area contributed by atoms with Crippen LogP contribution in [0.2, 0.25) is 0 Å². The topological polar surface area (TPSA) is 47.5 Å². The van der Waals surface area contributed by atoms with Crippen LogP contribution in [0.1, 0.15) is 30.0 Å². The number of likely N-dealkylation sites (tertiary alicyclic amines) is 1. The molecule has 1 aliphatic heterocycles. The average Bonchev–Trinajstić information content (AvgIpc) is 2.89. The molecule has 2 aliphatic rings. The highest BCUT2D eigenvalue weighted by Crippen LogP contribution is 2.41. The number of piperidine rings is 1. The number of quaternary nitrogens is 1. The number of nitrogens with one attached hydrogen (secondary N) is 1. The minimum absolute atomic E-state index is 0.0173. The fourth-order valence-corrected chi connectivity index (χ4v) is 4.20. The lowest BCUT2D eigenvalue weighted by Gasteiger charge is -2.33. The summed E-state index contributed by atoms with van der Waals surface area (Å²) in [6.45, 7) is 1.96. The minimum Gasteiger partial charge on any atom is -0.369 e. The number of hydrogen-bond donors (Lipinski definition) is 2. The van der Waals surface area contributed by atoms with Gasteiger partial charge in [-0.25, -0.2) is 0 Å². The van der Waals surface area contributed by atoms with E-state index in [-0.39, 0.29) is 11.8 Å². The third-order valence-electron chi connectivity index (χ3n) is 5.20. The number of rotatable bonds is 2. The molecule has 0 spiro atoms. The number of primary amides is 1. The van der Waals surface area contributed by atoms with Crippen molar-refractivity contribution in [1.29, 1.82) is 0 Å². The molecule has 0 saturated carbocycles. The summed E-state index contributed by atoms with van der Waals surface area (Å²) in [5.41, 5.74) is 11.0. The number of amides is 1. The summed E-state index contributed by atoms with van der Waals surface area (Å²) in [5.74, 6) is -0.125. The molecule has 0 bridgehead atoms. The summed E-state index contributed by atoms with van der Waals surface area (Å²) in [6, 6.07) is 17.7. The Morgan fingerprint density at radius 3 is 2.18 bits per heavy atom. The van der Waals surface area contributed by atoms with Crippen molar-refractivity contribution in [2.75, 3.05) is 13.1 Å². The van der Waals surface area contributed by atoms with Crippen LogP contribution in [-0.4, -0.2) is 19.0 Å². The number of benzene rings is 2. The smallest absolute Gasteiger partial charge is 0.226 e. The van der Waals surface area contributed by atoms with Crippen molar-refractivity contribution in [3.8, 4) is 11.1 Å². The predicted octanol–water partition coefficient (Wildman–Crippen LogP) is 1.54. The molecule has 1 heterocycles. The summed E-state index contributed by atoms with van der Waals surface area (Å²) in [6.07, 6.45) is 2.01. The van der Waals surface area contributed by atoms with Gasteiger partial charge in [0.15, 0.2) is 0 Å². The van der Waals surface area contributed by atoms with E-state index in [9.17, 15) is 4.79 Å². The van der Waals surface area contributed by atoms with Crippen LogP contribution < -0.4 is 10.6 Å². The zero-order valence-corrected chi connectivity index (χ0v) is 12.6. The monoisotopic (exact) mass is 293 g/mol. The highest BCUT2D eigenvalue weighted by Gasteiger charge is 2.39. The molecule has 1 amide bonds. The zero-order valence-electron chi connectivity index (χ0n) is 12.6. The molecule has 1 saturated heterocycles. The maximum atomic E-state index is 11.6. The Morgan fingerprint density at radius 2 is 1.59 bits per heavy atom. The molecular formula is C19H21N2O+. The summed E-state index contributed by atoms with van der Waals surface area (Å²) >= 11 is 0. The van der Waals surface area contributed by atoms with Crippen molar-refractivity contribution in [1.82, 2.24) is 0 Å². The first-order valence-electron chi connectivity index (χ1n) is 8.08. The second-order valence-corrected chi connectivity index (χ2v) is 6.46.